The summed E-state index contributed by atoms with van der Waals surface area (Å²) in [7, 11) is 1.85. The number of aromatic nitrogens is 4. The molecule has 1 amide bonds. The first kappa shape index (κ1) is 14.8. The zero-order valence-electron chi connectivity index (χ0n) is 13.7. The van der Waals surface area contributed by atoms with Gasteiger partial charge in [-0.05, 0) is 33.6 Å². The quantitative estimate of drug-likeness (QED) is 0.852. The Morgan fingerprint density at radius 3 is 2.68 bits per heavy atom. The Morgan fingerprint density at radius 2 is 2.09 bits per heavy atom. The molecule has 22 heavy (non-hydrogen) atoms. The third kappa shape index (κ3) is 2.53. The first-order chi connectivity index (χ1) is 10.5. The van der Waals surface area contributed by atoms with Crippen LogP contribution in [0.5, 0.6) is 0 Å². The number of hydrogen-bond acceptors (Lipinski definition) is 3. The summed E-state index contributed by atoms with van der Waals surface area (Å²) in [5.41, 5.74) is 2.67. The second kappa shape index (κ2) is 5.59. The van der Waals surface area contributed by atoms with Crippen LogP contribution in [0.25, 0.3) is 0 Å². The van der Waals surface area contributed by atoms with Gasteiger partial charge in [0.25, 0.3) is 5.91 Å². The van der Waals surface area contributed by atoms with Gasteiger partial charge in [0.2, 0.25) is 0 Å². The number of carbonyl (C=O) groups is 1. The van der Waals surface area contributed by atoms with Crippen molar-refractivity contribution in [2.45, 2.75) is 39.7 Å². The lowest BCUT2D eigenvalue weighted by Gasteiger charge is -2.34. The maximum atomic E-state index is 12.8. The number of carbonyl (C=O) groups excluding carboxylic acids is 1. The zero-order chi connectivity index (χ0) is 15.9. The third-order valence-electron chi connectivity index (χ3n) is 4.46. The van der Waals surface area contributed by atoms with Crippen molar-refractivity contribution in [3.8, 4) is 0 Å². The third-order valence-corrected chi connectivity index (χ3v) is 4.46. The monoisotopic (exact) mass is 301 g/mol. The van der Waals surface area contributed by atoms with Gasteiger partial charge in [-0.25, -0.2) is 4.98 Å². The topological polar surface area (TPSA) is 56.0 Å². The minimum atomic E-state index is 0.0886. The van der Waals surface area contributed by atoms with Gasteiger partial charge in [0, 0.05) is 38.2 Å². The molecule has 0 aromatic carbocycles. The number of aryl methyl sites for hydroxylation is 4. The van der Waals surface area contributed by atoms with Crippen molar-refractivity contribution in [1.29, 1.82) is 0 Å². The van der Waals surface area contributed by atoms with Gasteiger partial charge in [0.05, 0.1) is 17.3 Å². The van der Waals surface area contributed by atoms with Gasteiger partial charge in [-0.15, -0.1) is 0 Å². The fourth-order valence-corrected chi connectivity index (χ4v) is 3.45. The van der Waals surface area contributed by atoms with E-state index in [1.165, 1.54) is 0 Å². The zero-order valence-corrected chi connectivity index (χ0v) is 13.7. The van der Waals surface area contributed by atoms with Gasteiger partial charge in [0.15, 0.2) is 0 Å². The summed E-state index contributed by atoms with van der Waals surface area (Å²) in [4.78, 5) is 19.1. The van der Waals surface area contributed by atoms with Crippen LogP contribution in [0.2, 0.25) is 0 Å². The fraction of sp³-hybridized carbons (Fsp3) is 0.562. The molecule has 2 aromatic rings. The number of nitrogens with zero attached hydrogens (tertiary/aromatic N) is 5. The Labute approximate surface area is 130 Å². The van der Waals surface area contributed by atoms with E-state index in [0.717, 1.165) is 43.1 Å². The standard InChI is InChI=1S/C16H23N5O/c1-11-8-17-13(3)21(11)14-6-5-7-20(9-14)16(22)15-10-19(4)18-12(15)2/h8,10,14H,5-7,9H2,1-4H3. The molecule has 6 heteroatoms. The Hall–Kier alpha value is -2.11. The van der Waals surface area contributed by atoms with Gasteiger partial charge < -0.3 is 9.47 Å². The molecule has 2 aromatic heterocycles. The molecular formula is C16H23N5O. The van der Waals surface area contributed by atoms with Crippen LogP contribution in [-0.4, -0.2) is 43.2 Å². The Morgan fingerprint density at radius 1 is 1.32 bits per heavy atom. The van der Waals surface area contributed by atoms with Crippen molar-refractivity contribution >= 4 is 5.91 Å². The molecule has 6 nitrogen and oxygen atoms in total. The van der Waals surface area contributed by atoms with Crippen molar-refractivity contribution in [2.75, 3.05) is 13.1 Å². The van der Waals surface area contributed by atoms with E-state index in [1.54, 1.807) is 4.68 Å². The summed E-state index contributed by atoms with van der Waals surface area (Å²) in [6, 6.07) is 0.317. The minimum Gasteiger partial charge on any atom is -0.336 e. The van der Waals surface area contributed by atoms with Crippen molar-refractivity contribution in [3.05, 3.63) is 35.2 Å². The Bertz CT molecular complexity index is 680. The average Bonchev–Trinajstić information content (AvgIpc) is 3.00. The normalized spacial score (nSPS) is 18.7. The predicted octanol–water partition coefficient (Wildman–Crippen LogP) is 2.02. The van der Waals surface area contributed by atoms with Crippen LogP contribution >= 0.6 is 0 Å². The molecule has 0 radical (unpaired) electrons. The van der Waals surface area contributed by atoms with Crippen LogP contribution in [0, 0.1) is 20.8 Å². The van der Waals surface area contributed by atoms with Crippen LogP contribution in [0.1, 0.15) is 46.5 Å². The summed E-state index contributed by atoms with van der Waals surface area (Å²) in [6.45, 7) is 7.55. The van der Waals surface area contributed by atoms with E-state index >= 15 is 0 Å². The van der Waals surface area contributed by atoms with E-state index < -0.39 is 0 Å². The van der Waals surface area contributed by atoms with Gasteiger partial charge in [-0.1, -0.05) is 0 Å². The maximum Gasteiger partial charge on any atom is 0.257 e. The molecule has 0 saturated carbocycles. The second-order valence-corrected chi connectivity index (χ2v) is 6.17. The highest BCUT2D eigenvalue weighted by Crippen LogP contribution is 2.25. The largest absolute Gasteiger partial charge is 0.336 e. The highest BCUT2D eigenvalue weighted by atomic mass is 16.2. The highest BCUT2D eigenvalue weighted by Gasteiger charge is 2.28. The van der Waals surface area contributed by atoms with Gasteiger partial charge >= 0.3 is 0 Å². The smallest absolute Gasteiger partial charge is 0.257 e. The van der Waals surface area contributed by atoms with Crippen molar-refractivity contribution in [3.63, 3.8) is 0 Å². The molecule has 1 aliphatic rings. The Balaban J connectivity index is 1.81. The van der Waals surface area contributed by atoms with Crippen LogP contribution in [0.3, 0.4) is 0 Å². The number of amides is 1. The van der Waals surface area contributed by atoms with E-state index in [1.807, 2.05) is 38.2 Å². The lowest BCUT2D eigenvalue weighted by Crippen LogP contribution is -2.41. The van der Waals surface area contributed by atoms with Crippen LogP contribution in [-0.2, 0) is 7.05 Å². The van der Waals surface area contributed by atoms with E-state index in [4.69, 9.17) is 0 Å². The molecule has 0 spiro atoms. The van der Waals surface area contributed by atoms with Crippen LogP contribution in [0.15, 0.2) is 12.4 Å². The summed E-state index contributed by atoms with van der Waals surface area (Å²) in [5.74, 6) is 1.11. The summed E-state index contributed by atoms with van der Waals surface area (Å²) < 4.78 is 3.96. The molecular weight excluding hydrogens is 278 g/mol. The molecule has 1 aliphatic heterocycles. The SMILES string of the molecule is Cc1nn(C)cc1C(=O)N1CCCC(n2c(C)cnc2C)C1. The molecule has 1 saturated heterocycles. The molecule has 0 N–H and O–H groups in total. The number of hydrogen-bond donors (Lipinski definition) is 0. The number of piperidine rings is 1. The van der Waals surface area contributed by atoms with Gasteiger partial charge in [-0.2, -0.15) is 5.10 Å². The second-order valence-electron chi connectivity index (χ2n) is 6.17. The summed E-state index contributed by atoms with van der Waals surface area (Å²) in [5, 5.41) is 4.28. The average molecular weight is 301 g/mol. The maximum absolute atomic E-state index is 12.8. The Kier molecular flexibility index (Phi) is 3.76. The summed E-state index contributed by atoms with van der Waals surface area (Å²) in [6.07, 6.45) is 5.83. The highest BCUT2D eigenvalue weighted by molar-refractivity contribution is 5.95. The van der Waals surface area contributed by atoms with Crippen molar-refractivity contribution in [1.82, 2.24) is 24.2 Å². The lowest BCUT2D eigenvalue weighted by atomic mass is 10.0. The first-order valence-corrected chi connectivity index (χ1v) is 7.77. The molecule has 1 fully saturated rings. The van der Waals surface area contributed by atoms with Gasteiger partial charge in [0.1, 0.15) is 5.82 Å². The van der Waals surface area contributed by atoms with Crippen LogP contribution in [0.4, 0.5) is 0 Å². The van der Waals surface area contributed by atoms with E-state index in [-0.39, 0.29) is 5.91 Å². The van der Waals surface area contributed by atoms with Gasteiger partial charge in [-0.3, -0.25) is 9.48 Å². The first-order valence-electron chi connectivity index (χ1n) is 7.77. The minimum absolute atomic E-state index is 0.0886. The lowest BCUT2D eigenvalue weighted by molar-refractivity contribution is 0.0676. The van der Waals surface area contributed by atoms with Crippen molar-refractivity contribution in [2.24, 2.45) is 7.05 Å². The molecule has 1 unspecified atom stereocenters. The molecule has 3 heterocycles. The molecule has 118 valence electrons. The fourth-order valence-electron chi connectivity index (χ4n) is 3.45. The van der Waals surface area contributed by atoms with E-state index in [9.17, 15) is 4.79 Å². The molecule has 0 bridgehead atoms. The molecule has 1 atom stereocenters. The molecule has 0 aliphatic carbocycles. The molecule has 3 rings (SSSR count). The van der Waals surface area contributed by atoms with E-state index in [0.29, 0.717) is 11.6 Å². The number of likely N-dealkylation sites (tertiary alicyclic amines) is 1. The number of imidazole rings is 1. The summed E-state index contributed by atoms with van der Waals surface area (Å²) >= 11 is 0. The predicted molar refractivity (Wildman–Crippen MR) is 83.8 cm³/mol. The number of rotatable bonds is 2. The van der Waals surface area contributed by atoms with Crippen molar-refractivity contribution < 1.29 is 4.79 Å². The van der Waals surface area contributed by atoms with E-state index in [2.05, 4.69) is 21.6 Å². The van der Waals surface area contributed by atoms with Crippen LogP contribution < -0.4 is 0 Å².